The first kappa shape index (κ1) is 11.9. The highest BCUT2D eigenvalue weighted by atomic mass is 32.2. The zero-order valence-corrected chi connectivity index (χ0v) is 9.07. The molecule has 6 heteroatoms. The van der Waals surface area contributed by atoms with Gasteiger partial charge in [0.15, 0.2) is 0 Å². The summed E-state index contributed by atoms with van der Waals surface area (Å²) in [7, 11) is -3.37. The lowest BCUT2D eigenvalue weighted by Crippen LogP contribution is -2.46. The van der Waals surface area contributed by atoms with Crippen LogP contribution >= 0.6 is 0 Å². The lowest BCUT2D eigenvalue weighted by molar-refractivity contribution is 0.0603. The van der Waals surface area contributed by atoms with Gasteiger partial charge in [0.25, 0.3) is 0 Å². The second-order valence-corrected chi connectivity index (χ2v) is 5.82. The highest BCUT2D eigenvalue weighted by Crippen LogP contribution is 2.19. The van der Waals surface area contributed by atoms with Crippen molar-refractivity contribution in [2.75, 3.05) is 25.4 Å². The molecule has 1 aliphatic rings. The van der Waals surface area contributed by atoms with E-state index in [1.54, 1.807) is 0 Å². The van der Waals surface area contributed by atoms with E-state index in [1.807, 2.05) is 6.92 Å². The zero-order valence-electron chi connectivity index (χ0n) is 8.26. The molecule has 84 valence electrons. The summed E-state index contributed by atoms with van der Waals surface area (Å²) in [6.07, 6.45) is 0.0865. The summed E-state index contributed by atoms with van der Waals surface area (Å²) in [5.74, 6) is -0.107. The average Bonchev–Trinajstić information content (AvgIpc) is 2.09. The van der Waals surface area contributed by atoms with Gasteiger partial charge in [-0.2, -0.15) is 4.31 Å². The molecule has 1 aliphatic heterocycles. The predicted octanol–water partition coefficient (Wildman–Crippen LogP) is -0.989. The molecule has 1 saturated heterocycles. The molecule has 0 radical (unpaired) electrons. The Morgan fingerprint density at radius 3 is 2.64 bits per heavy atom. The molecule has 0 aromatic carbocycles. The second kappa shape index (κ2) is 4.57. The first-order valence-corrected chi connectivity index (χ1v) is 6.35. The Labute approximate surface area is 84.4 Å². The minimum atomic E-state index is -3.37. The fourth-order valence-corrected chi connectivity index (χ4v) is 2.77. The third-order valence-corrected chi connectivity index (χ3v) is 4.44. The summed E-state index contributed by atoms with van der Waals surface area (Å²) >= 11 is 0. The minimum absolute atomic E-state index is 0.149. The van der Waals surface area contributed by atoms with Gasteiger partial charge in [-0.1, -0.05) is 6.92 Å². The van der Waals surface area contributed by atoms with Crippen LogP contribution in [0.2, 0.25) is 0 Å². The van der Waals surface area contributed by atoms with Gasteiger partial charge in [0.05, 0.1) is 18.5 Å². The molecule has 1 fully saturated rings. The maximum Gasteiger partial charge on any atom is 0.216 e. The molecular weight excluding hydrogens is 206 g/mol. The monoisotopic (exact) mass is 223 g/mol. The summed E-state index contributed by atoms with van der Waals surface area (Å²) in [5.41, 5.74) is 0. The minimum Gasteiger partial charge on any atom is -0.395 e. The number of aliphatic hydroxyl groups is 2. The van der Waals surface area contributed by atoms with Gasteiger partial charge in [-0.05, 0) is 12.3 Å². The normalized spacial score (nSPS) is 30.5. The van der Waals surface area contributed by atoms with Gasteiger partial charge in [0, 0.05) is 13.1 Å². The molecule has 5 nitrogen and oxygen atoms in total. The first-order valence-electron chi connectivity index (χ1n) is 4.74. The zero-order chi connectivity index (χ0) is 10.8. The van der Waals surface area contributed by atoms with Crippen molar-refractivity contribution in [3.63, 3.8) is 0 Å². The summed E-state index contributed by atoms with van der Waals surface area (Å²) in [6.45, 7) is 2.13. The van der Waals surface area contributed by atoms with Crippen LogP contribution in [0, 0.1) is 5.92 Å². The highest BCUT2D eigenvalue weighted by Gasteiger charge is 2.31. The van der Waals surface area contributed by atoms with Crippen LogP contribution in [-0.4, -0.2) is 54.5 Å². The van der Waals surface area contributed by atoms with Crippen molar-refractivity contribution in [1.82, 2.24) is 4.31 Å². The number of β-amino-alcohol motifs (C(OH)–C–C–N with tert-alkyl or cyclic N) is 1. The van der Waals surface area contributed by atoms with Gasteiger partial charge in [-0.3, -0.25) is 0 Å². The lowest BCUT2D eigenvalue weighted by Gasteiger charge is -2.33. The van der Waals surface area contributed by atoms with E-state index < -0.39 is 16.1 Å². The SMILES string of the molecule is CC1CCN(S(=O)(=O)CCO)CC1O. The summed E-state index contributed by atoms with van der Waals surface area (Å²) in [4.78, 5) is 0. The quantitative estimate of drug-likeness (QED) is 0.644. The number of rotatable bonds is 3. The Kier molecular flexibility index (Phi) is 3.88. The maximum atomic E-state index is 11.5. The molecule has 2 unspecified atom stereocenters. The van der Waals surface area contributed by atoms with E-state index >= 15 is 0 Å². The van der Waals surface area contributed by atoms with E-state index in [-0.39, 0.29) is 24.8 Å². The number of sulfonamides is 1. The van der Waals surface area contributed by atoms with Gasteiger partial charge >= 0.3 is 0 Å². The third kappa shape index (κ3) is 2.66. The van der Waals surface area contributed by atoms with Gasteiger partial charge < -0.3 is 10.2 Å². The van der Waals surface area contributed by atoms with E-state index in [9.17, 15) is 13.5 Å². The molecular formula is C8H17NO4S. The lowest BCUT2D eigenvalue weighted by atomic mass is 9.98. The van der Waals surface area contributed by atoms with Crippen molar-refractivity contribution >= 4 is 10.0 Å². The van der Waals surface area contributed by atoms with Gasteiger partial charge in [-0.25, -0.2) is 8.42 Å². The standard InChI is InChI=1S/C8H17NO4S/c1-7-2-3-9(6-8(7)11)14(12,13)5-4-10/h7-8,10-11H,2-6H2,1H3. The van der Waals surface area contributed by atoms with E-state index in [1.165, 1.54) is 4.31 Å². The van der Waals surface area contributed by atoms with Crippen molar-refractivity contribution in [3.8, 4) is 0 Å². The predicted molar refractivity (Wildman–Crippen MR) is 52.2 cm³/mol. The number of hydrogen-bond acceptors (Lipinski definition) is 4. The number of aliphatic hydroxyl groups excluding tert-OH is 2. The van der Waals surface area contributed by atoms with Crippen LogP contribution in [0.1, 0.15) is 13.3 Å². The first-order chi connectivity index (χ1) is 6.47. The van der Waals surface area contributed by atoms with Crippen molar-refractivity contribution in [2.24, 2.45) is 5.92 Å². The summed E-state index contributed by atoms with van der Waals surface area (Å²) < 4.78 is 24.2. The van der Waals surface area contributed by atoms with Crippen LogP contribution in [0.3, 0.4) is 0 Å². The maximum absolute atomic E-state index is 11.5. The highest BCUT2D eigenvalue weighted by molar-refractivity contribution is 7.89. The van der Waals surface area contributed by atoms with Gasteiger partial charge in [0.2, 0.25) is 10.0 Å². The smallest absolute Gasteiger partial charge is 0.216 e. The molecule has 1 heterocycles. The van der Waals surface area contributed by atoms with E-state index in [0.29, 0.717) is 13.0 Å². The molecule has 0 aromatic heterocycles. The van der Waals surface area contributed by atoms with Crippen LogP contribution in [0.25, 0.3) is 0 Å². The number of hydrogen-bond donors (Lipinski definition) is 2. The van der Waals surface area contributed by atoms with Gasteiger partial charge in [-0.15, -0.1) is 0 Å². The van der Waals surface area contributed by atoms with Crippen molar-refractivity contribution in [2.45, 2.75) is 19.4 Å². The van der Waals surface area contributed by atoms with E-state index in [2.05, 4.69) is 0 Å². The summed E-state index contributed by atoms with van der Waals surface area (Å²) in [6, 6.07) is 0. The molecule has 0 aliphatic carbocycles. The molecule has 0 amide bonds. The Hall–Kier alpha value is -0.170. The molecule has 0 aromatic rings. The van der Waals surface area contributed by atoms with Crippen LogP contribution < -0.4 is 0 Å². The Bertz CT molecular complexity index is 277. The number of nitrogens with zero attached hydrogens (tertiary/aromatic N) is 1. The van der Waals surface area contributed by atoms with Gasteiger partial charge in [0.1, 0.15) is 0 Å². The summed E-state index contributed by atoms with van der Waals surface area (Å²) in [5, 5.41) is 18.1. The topological polar surface area (TPSA) is 77.8 Å². The van der Waals surface area contributed by atoms with E-state index in [0.717, 1.165) is 0 Å². The average molecular weight is 223 g/mol. The van der Waals surface area contributed by atoms with Crippen molar-refractivity contribution in [1.29, 1.82) is 0 Å². The molecule has 2 atom stereocenters. The molecule has 0 bridgehead atoms. The third-order valence-electron chi connectivity index (χ3n) is 2.62. The van der Waals surface area contributed by atoms with E-state index in [4.69, 9.17) is 5.11 Å². The van der Waals surface area contributed by atoms with Crippen molar-refractivity contribution in [3.05, 3.63) is 0 Å². The molecule has 0 saturated carbocycles. The fourth-order valence-electron chi connectivity index (χ4n) is 1.52. The van der Waals surface area contributed by atoms with Crippen LogP contribution in [-0.2, 0) is 10.0 Å². The Balaban J connectivity index is 2.63. The second-order valence-electron chi connectivity index (χ2n) is 3.73. The van der Waals surface area contributed by atoms with Crippen LogP contribution in [0.4, 0.5) is 0 Å². The molecule has 0 spiro atoms. The number of piperidine rings is 1. The Morgan fingerprint density at radius 2 is 2.14 bits per heavy atom. The van der Waals surface area contributed by atoms with Crippen LogP contribution in [0.15, 0.2) is 0 Å². The Morgan fingerprint density at radius 1 is 1.50 bits per heavy atom. The van der Waals surface area contributed by atoms with Crippen molar-refractivity contribution < 1.29 is 18.6 Å². The van der Waals surface area contributed by atoms with Crippen LogP contribution in [0.5, 0.6) is 0 Å². The molecule has 2 N–H and O–H groups in total. The largest absolute Gasteiger partial charge is 0.395 e. The molecule has 1 rings (SSSR count). The molecule has 14 heavy (non-hydrogen) atoms. The fraction of sp³-hybridized carbons (Fsp3) is 1.00.